The molecular formula is C36H46F6N8O3. The Kier molecular flexibility index (Phi) is 11.3. The van der Waals surface area contributed by atoms with Crippen LogP contribution in [0.3, 0.4) is 0 Å². The Hall–Kier alpha value is -4.25. The van der Waals surface area contributed by atoms with E-state index < -0.39 is 59.1 Å². The Morgan fingerprint density at radius 3 is 2.00 bits per heavy atom. The van der Waals surface area contributed by atoms with E-state index >= 15 is 0 Å². The van der Waals surface area contributed by atoms with Crippen LogP contribution in [0.25, 0.3) is 0 Å². The molecule has 3 fully saturated rings. The summed E-state index contributed by atoms with van der Waals surface area (Å²) in [6, 6.07) is 6.33. The lowest BCUT2D eigenvalue weighted by atomic mass is 9.96. The second-order valence-corrected chi connectivity index (χ2v) is 14.5. The number of halogens is 6. The van der Waals surface area contributed by atoms with Crippen LogP contribution in [0.2, 0.25) is 0 Å². The van der Waals surface area contributed by atoms with E-state index in [2.05, 4.69) is 27.5 Å². The van der Waals surface area contributed by atoms with Crippen molar-refractivity contribution in [2.24, 2.45) is 0 Å². The van der Waals surface area contributed by atoms with E-state index in [-0.39, 0.29) is 31.2 Å². The molecule has 4 N–H and O–H groups in total. The molecule has 0 bridgehead atoms. The monoisotopic (exact) mass is 752 g/mol. The van der Waals surface area contributed by atoms with Gasteiger partial charge >= 0.3 is 24.4 Å². The Morgan fingerprint density at radius 1 is 0.830 bits per heavy atom. The maximum atomic E-state index is 14.1. The fourth-order valence-electron chi connectivity index (χ4n) is 7.95. The van der Waals surface area contributed by atoms with Gasteiger partial charge < -0.3 is 36.0 Å². The molecule has 0 aromatic heterocycles. The SMILES string of the molecule is CN1CCN(C2CCN(C(=O)[C@@H](Cc3cc(C(F)(F)F)c(N)c(C(F)(F)F)c3)NC(=O)N3CCC(N4CCc5ccccc5NC4=O)CC3)CC2)CC1. The van der Waals surface area contributed by atoms with Crippen LogP contribution in [0, 0.1) is 0 Å². The van der Waals surface area contributed by atoms with Crippen molar-refractivity contribution in [1.29, 1.82) is 0 Å². The average Bonchev–Trinajstić information content (AvgIpc) is 3.29. The van der Waals surface area contributed by atoms with Crippen molar-refractivity contribution < 1.29 is 40.7 Å². The molecule has 0 radical (unpaired) electrons. The van der Waals surface area contributed by atoms with E-state index in [1.54, 1.807) is 4.90 Å². The molecule has 6 rings (SSSR count). The lowest BCUT2D eigenvalue weighted by Crippen LogP contribution is -2.58. The maximum Gasteiger partial charge on any atom is 0.418 e. The molecule has 0 spiro atoms. The number of hydrogen-bond acceptors (Lipinski definition) is 6. The number of para-hydroxylation sites is 1. The number of carbonyl (C=O) groups is 3. The molecular weight excluding hydrogens is 706 g/mol. The van der Waals surface area contributed by atoms with Crippen molar-refractivity contribution in [1.82, 2.24) is 29.8 Å². The number of likely N-dealkylation sites (tertiary alicyclic amines) is 2. The number of benzene rings is 2. The minimum absolute atomic E-state index is 0.163. The van der Waals surface area contributed by atoms with Crippen LogP contribution < -0.4 is 16.4 Å². The standard InChI is InChI=1S/C36H46F6N8O3/c1-46-16-18-47(19-17-46)25-7-11-48(12-8-25)32(51)30(22-23-20-27(35(37,38)39)31(43)28(21-23)36(40,41)42)45-33(52)49-13-9-26(10-14-49)50-15-6-24-4-2-3-5-29(24)44-34(50)53/h2-5,20-21,25-26,30H,6-19,22,43H2,1H3,(H,44,53)(H,45,52)/t30-/m1/s1. The third-order valence-corrected chi connectivity index (χ3v) is 11.1. The van der Waals surface area contributed by atoms with Gasteiger partial charge in [0.25, 0.3) is 0 Å². The Bertz CT molecular complexity index is 1610. The number of nitrogens with two attached hydrogens (primary N) is 1. The fourth-order valence-corrected chi connectivity index (χ4v) is 7.95. The van der Waals surface area contributed by atoms with Gasteiger partial charge in [-0.05, 0) is 68.5 Å². The summed E-state index contributed by atoms with van der Waals surface area (Å²) in [6.07, 6.45) is -8.15. The van der Waals surface area contributed by atoms with E-state index in [9.17, 15) is 40.7 Å². The first kappa shape index (κ1) is 38.5. The lowest BCUT2D eigenvalue weighted by molar-refractivity contribution is -0.141. The highest BCUT2D eigenvalue weighted by Crippen LogP contribution is 2.42. The number of carbonyl (C=O) groups excluding carboxylic acids is 3. The van der Waals surface area contributed by atoms with E-state index in [0.717, 1.165) is 37.4 Å². The van der Waals surface area contributed by atoms with Crippen molar-refractivity contribution in [2.75, 3.05) is 77.0 Å². The van der Waals surface area contributed by atoms with Gasteiger partial charge in [0.15, 0.2) is 0 Å². The van der Waals surface area contributed by atoms with E-state index in [1.165, 1.54) is 9.80 Å². The van der Waals surface area contributed by atoms with Gasteiger partial charge in [0.05, 0.1) is 16.8 Å². The molecule has 290 valence electrons. The number of urea groups is 2. The Labute approximate surface area is 304 Å². The maximum absolute atomic E-state index is 14.1. The summed E-state index contributed by atoms with van der Waals surface area (Å²) in [5.74, 6) is -0.579. The number of fused-ring (bicyclic) bond motifs is 1. The zero-order valence-corrected chi connectivity index (χ0v) is 29.6. The van der Waals surface area contributed by atoms with E-state index in [4.69, 9.17) is 5.73 Å². The van der Waals surface area contributed by atoms with Gasteiger partial charge in [-0.25, -0.2) is 9.59 Å². The fraction of sp³-hybridized carbons (Fsp3) is 0.583. The second kappa shape index (κ2) is 15.6. The summed E-state index contributed by atoms with van der Waals surface area (Å²) in [7, 11) is 2.05. The zero-order chi connectivity index (χ0) is 38.1. The van der Waals surface area contributed by atoms with Gasteiger partial charge in [-0.2, -0.15) is 26.3 Å². The first-order valence-corrected chi connectivity index (χ1v) is 18.1. The van der Waals surface area contributed by atoms with Crippen molar-refractivity contribution in [3.05, 3.63) is 58.7 Å². The normalized spacial score (nSPS) is 20.8. The van der Waals surface area contributed by atoms with Crippen molar-refractivity contribution in [3.8, 4) is 0 Å². The molecule has 11 nitrogen and oxygen atoms in total. The quantitative estimate of drug-likeness (QED) is 0.291. The number of rotatable bonds is 6. The number of nitrogens with zero attached hydrogens (tertiary/aromatic N) is 5. The smallest absolute Gasteiger partial charge is 0.398 e. The Balaban J connectivity index is 1.16. The average molecular weight is 753 g/mol. The molecule has 0 saturated carbocycles. The Morgan fingerprint density at radius 2 is 1.40 bits per heavy atom. The van der Waals surface area contributed by atoms with Crippen LogP contribution in [0.1, 0.15) is 47.9 Å². The van der Waals surface area contributed by atoms with Crippen LogP contribution >= 0.6 is 0 Å². The number of anilines is 2. The zero-order valence-electron chi connectivity index (χ0n) is 29.6. The number of nitrogens with one attached hydrogen (secondary N) is 2. The van der Waals surface area contributed by atoms with Gasteiger partial charge in [-0.3, -0.25) is 9.69 Å². The molecule has 2 aromatic rings. The summed E-state index contributed by atoms with van der Waals surface area (Å²) in [6.45, 7) is 5.23. The molecule has 4 heterocycles. The molecule has 53 heavy (non-hydrogen) atoms. The second-order valence-electron chi connectivity index (χ2n) is 14.5. The van der Waals surface area contributed by atoms with E-state index in [0.29, 0.717) is 63.9 Å². The van der Waals surface area contributed by atoms with Crippen LogP contribution in [-0.4, -0.2) is 127 Å². The van der Waals surface area contributed by atoms with Crippen LogP contribution in [0.5, 0.6) is 0 Å². The van der Waals surface area contributed by atoms with Crippen LogP contribution in [0.15, 0.2) is 36.4 Å². The van der Waals surface area contributed by atoms with Gasteiger partial charge in [0.1, 0.15) is 6.04 Å². The molecule has 4 aliphatic rings. The minimum Gasteiger partial charge on any atom is -0.398 e. The summed E-state index contributed by atoms with van der Waals surface area (Å²) >= 11 is 0. The third kappa shape index (κ3) is 8.94. The number of nitrogen functional groups attached to an aromatic ring is 1. The summed E-state index contributed by atoms with van der Waals surface area (Å²) in [4.78, 5) is 50.2. The summed E-state index contributed by atoms with van der Waals surface area (Å²) < 4.78 is 83.4. The predicted molar refractivity (Wildman–Crippen MR) is 186 cm³/mol. The molecule has 0 aliphatic carbocycles. The minimum atomic E-state index is -5.19. The van der Waals surface area contributed by atoms with Crippen molar-refractivity contribution in [2.45, 2.75) is 69.0 Å². The number of likely N-dealkylation sites (N-methyl/N-ethyl adjacent to an activating group) is 1. The number of alkyl halides is 6. The highest BCUT2D eigenvalue weighted by atomic mass is 19.4. The molecule has 1 atom stereocenters. The van der Waals surface area contributed by atoms with Gasteiger partial charge in [0.2, 0.25) is 5.91 Å². The number of hydrogen-bond donors (Lipinski definition) is 3. The summed E-state index contributed by atoms with van der Waals surface area (Å²) in [5, 5.41) is 5.61. The predicted octanol–water partition coefficient (Wildman–Crippen LogP) is 4.72. The third-order valence-electron chi connectivity index (χ3n) is 11.1. The highest BCUT2D eigenvalue weighted by Gasteiger charge is 2.42. The van der Waals surface area contributed by atoms with Gasteiger partial charge in [-0.15, -0.1) is 0 Å². The molecule has 5 amide bonds. The molecule has 3 saturated heterocycles. The van der Waals surface area contributed by atoms with Gasteiger partial charge in [0, 0.05) is 83.1 Å². The number of piperidine rings is 2. The molecule has 17 heteroatoms. The van der Waals surface area contributed by atoms with Crippen LogP contribution in [0.4, 0.5) is 47.3 Å². The summed E-state index contributed by atoms with van der Waals surface area (Å²) in [5.41, 5.74) is 1.95. The highest BCUT2D eigenvalue weighted by molar-refractivity contribution is 5.91. The molecule has 4 aliphatic heterocycles. The van der Waals surface area contributed by atoms with Crippen LogP contribution in [-0.2, 0) is 30.0 Å². The number of piperazine rings is 1. The largest absolute Gasteiger partial charge is 0.418 e. The van der Waals surface area contributed by atoms with Gasteiger partial charge in [-0.1, -0.05) is 18.2 Å². The number of amides is 5. The molecule has 2 aromatic carbocycles. The van der Waals surface area contributed by atoms with Crippen molar-refractivity contribution >= 4 is 29.3 Å². The topological polar surface area (TPSA) is 117 Å². The first-order chi connectivity index (χ1) is 25.1. The van der Waals surface area contributed by atoms with Crippen molar-refractivity contribution in [3.63, 3.8) is 0 Å². The lowest BCUT2D eigenvalue weighted by Gasteiger charge is -2.42. The molecule has 0 unspecified atom stereocenters. The van der Waals surface area contributed by atoms with E-state index in [1.807, 2.05) is 24.3 Å². The first-order valence-electron chi connectivity index (χ1n) is 18.1.